The largest absolute Gasteiger partial charge is 0.489 e. The third-order valence-electron chi connectivity index (χ3n) is 4.55. The van der Waals surface area contributed by atoms with Crippen molar-refractivity contribution >= 4 is 17.8 Å². The van der Waals surface area contributed by atoms with Gasteiger partial charge in [-0.3, -0.25) is 9.59 Å². The molecule has 0 saturated heterocycles. The van der Waals surface area contributed by atoms with E-state index in [9.17, 15) is 19.5 Å². The van der Waals surface area contributed by atoms with Gasteiger partial charge in [0.1, 0.15) is 24.1 Å². The maximum atomic E-state index is 12.6. The second-order valence-electron chi connectivity index (χ2n) is 7.11. The zero-order valence-corrected chi connectivity index (χ0v) is 17.5. The summed E-state index contributed by atoms with van der Waals surface area (Å²) < 4.78 is 10.8. The Morgan fingerprint density at radius 2 is 1.56 bits per heavy atom. The van der Waals surface area contributed by atoms with E-state index in [4.69, 9.17) is 9.47 Å². The highest BCUT2D eigenvalue weighted by Crippen LogP contribution is 2.18. The van der Waals surface area contributed by atoms with E-state index in [1.54, 1.807) is 30.3 Å². The van der Waals surface area contributed by atoms with Crippen molar-refractivity contribution in [1.29, 1.82) is 0 Å². The summed E-state index contributed by atoms with van der Waals surface area (Å²) in [5.74, 6) is -1.44. The van der Waals surface area contributed by atoms with Crippen LogP contribution in [-0.4, -0.2) is 29.0 Å². The standard InChI is InChI=1S/C25H23NO6/c1-17(27)32-22-12-6-10-20(15-22)24(28)26-23(25(29)30)14-19-9-5-11-21(13-19)31-16-18-7-3-2-4-8-18/h2-13,15,23H,14,16H2,1H3,(H,26,28)(H,29,30)/t23-/m1/s1. The fourth-order valence-corrected chi connectivity index (χ4v) is 3.05. The summed E-state index contributed by atoms with van der Waals surface area (Å²) in [6.45, 7) is 1.65. The second-order valence-corrected chi connectivity index (χ2v) is 7.11. The van der Waals surface area contributed by atoms with Crippen molar-refractivity contribution in [2.45, 2.75) is 26.0 Å². The van der Waals surface area contributed by atoms with Crippen molar-refractivity contribution in [3.63, 3.8) is 0 Å². The van der Waals surface area contributed by atoms with Gasteiger partial charge in [-0.05, 0) is 41.5 Å². The van der Waals surface area contributed by atoms with Crippen LogP contribution in [-0.2, 0) is 22.6 Å². The van der Waals surface area contributed by atoms with Crippen LogP contribution in [0.3, 0.4) is 0 Å². The molecule has 0 aromatic heterocycles. The lowest BCUT2D eigenvalue weighted by Gasteiger charge is -2.16. The number of carboxylic acids is 1. The van der Waals surface area contributed by atoms with E-state index in [0.29, 0.717) is 17.9 Å². The van der Waals surface area contributed by atoms with Gasteiger partial charge in [0, 0.05) is 18.9 Å². The predicted molar refractivity (Wildman–Crippen MR) is 118 cm³/mol. The summed E-state index contributed by atoms with van der Waals surface area (Å²) in [7, 11) is 0. The van der Waals surface area contributed by atoms with Crippen LogP contribution < -0.4 is 14.8 Å². The van der Waals surface area contributed by atoms with Crippen LogP contribution in [0.25, 0.3) is 0 Å². The van der Waals surface area contributed by atoms with Crippen LogP contribution >= 0.6 is 0 Å². The number of benzene rings is 3. The number of amides is 1. The number of carbonyl (C=O) groups is 3. The highest BCUT2D eigenvalue weighted by atomic mass is 16.5. The highest BCUT2D eigenvalue weighted by molar-refractivity contribution is 5.97. The number of hydrogen-bond donors (Lipinski definition) is 2. The zero-order chi connectivity index (χ0) is 22.9. The molecule has 0 saturated carbocycles. The average molecular weight is 433 g/mol. The number of carbonyl (C=O) groups excluding carboxylic acids is 2. The highest BCUT2D eigenvalue weighted by Gasteiger charge is 2.22. The molecule has 3 rings (SSSR count). The Balaban J connectivity index is 1.66. The number of ether oxygens (including phenoxy) is 2. The molecule has 0 aliphatic carbocycles. The van der Waals surface area contributed by atoms with Crippen LogP contribution in [0, 0.1) is 0 Å². The van der Waals surface area contributed by atoms with Gasteiger partial charge in [-0.2, -0.15) is 0 Å². The molecule has 7 heteroatoms. The minimum Gasteiger partial charge on any atom is -0.489 e. The van der Waals surface area contributed by atoms with E-state index in [0.717, 1.165) is 5.56 Å². The molecule has 7 nitrogen and oxygen atoms in total. The molecule has 3 aromatic rings. The zero-order valence-electron chi connectivity index (χ0n) is 17.5. The number of nitrogens with one attached hydrogen (secondary N) is 1. The Kier molecular flexibility index (Phi) is 7.59. The van der Waals surface area contributed by atoms with E-state index in [2.05, 4.69) is 5.32 Å². The topological polar surface area (TPSA) is 102 Å². The maximum Gasteiger partial charge on any atom is 0.326 e. The van der Waals surface area contributed by atoms with Crippen LogP contribution in [0.4, 0.5) is 0 Å². The first kappa shape index (κ1) is 22.6. The Morgan fingerprint density at radius 1 is 0.875 bits per heavy atom. The summed E-state index contributed by atoms with van der Waals surface area (Å²) in [4.78, 5) is 35.4. The molecule has 164 valence electrons. The van der Waals surface area contributed by atoms with Gasteiger partial charge in [-0.1, -0.05) is 48.5 Å². The third kappa shape index (κ3) is 6.70. The average Bonchev–Trinajstić information content (AvgIpc) is 2.78. The van der Waals surface area contributed by atoms with E-state index in [-0.39, 0.29) is 17.7 Å². The minimum atomic E-state index is -1.16. The molecule has 0 aliphatic heterocycles. The lowest BCUT2D eigenvalue weighted by Crippen LogP contribution is -2.42. The first-order valence-electron chi connectivity index (χ1n) is 9.98. The lowest BCUT2D eigenvalue weighted by atomic mass is 10.0. The van der Waals surface area contributed by atoms with E-state index < -0.39 is 23.9 Å². The molecule has 1 atom stereocenters. The molecule has 0 unspecified atom stereocenters. The molecular weight excluding hydrogens is 410 g/mol. The molecule has 0 fully saturated rings. The summed E-state index contributed by atoms with van der Waals surface area (Å²) in [6, 6.07) is 21.6. The molecule has 2 N–H and O–H groups in total. The summed E-state index contributed by atoms with van der Waals surface area (Å²) in [5, 5.41) is 12.1. The smallest absolute Gasteiger partial charge is 0.326 e. The Morgan fingerprint density at radius 3 is 2.28 bits per heavy atom. The SMILES string of the molecule is CC(=O)Oc1cccc(C(=O)N[C@H](Cc2cccc(OCc3ccccc3)c2)C(=O)O)c1. The van der Waals surface area contributed by atoms with E-state index >= 15 is 0 Å². The summed E-state index contributed by atoms with van der Waals surface area (Å²) in [5.41, 5.74) is 1.91. The van der Waals surface area contributed by atoms with Gasteiger partial charge in [0.05, 0.1) is 0 Å². The first-order valence-corrected chi connectivity index (χ1v) is 9.98. The number of esters is 1. The van der Waals surface area contributed by atoms with Gasteiger partial charge in [-0.15, -0.1) is 0 Å². The van der Waals surface area contributed by atoms with Crippen molar-refractivity contribution in [2.24, 2.45) is 0 Å². The number of rotatable bonds is 9. The molecule has 0 aliphatic rings. The quantitative estimate of drug-likeness (QED) is 0.395. The van der Waals surface area contributed by atoms with E-state index in [1.807, 2.05) is 30.3 Å². The molecule has 32 heavy (non-hydrogen) atoms. The molecule has 0 spiro atoms. The monoisotopic (exact) mass is 433 g/mol. The number of hydrogen-bond acceptors (Lipinski definition) is 5. The van der Waals surface area contributed by atoms with Crippen molar-refractivity contribution in [3.05, 3.63) is 95.6 Å². The van der Waals surface area contributed by atoms with Crippen LogP contribution in [0.2, 0.25) is 0 Å². The second kappa shape index (κ2) is 10.8. The maximum absolute atomic E-state index is 12.6. The Labute approximate surface area is 185 Å². The van der Waals surface area contributed by atoms with Crippen molar-refractivity contribution in [3.8, 4) is 11.5 Å². The Bertz CT molecular complexity index is 1100. The fourth-order valence-electron chi connectivity index (χ4n) is 3.05. The molecule has 3 aromatic carbocycles. The third-order valence-corrected chi connectivity index (χ3v) is 4.55. The normalized spacial score (nSPS) is 11.3. The number of aliphatic carboxylic acids is 1. The molecule has 0 heterocycles. The van der Waals surface area contributed by atoms with Gasteiger partial charge in [0.2, 0.25) is 0 Å². The van der Waals surface area contributed by atoms with Crippen LogP contribution in [0.5, 0.6) is 11.5 Å². The van der Waals surface area contributed by atoms with Gasteiger partial charge in [0.15, 0.2) is 0 Å². The molecular formula is C25H23NO6. The van der Waals surface area contributed by atoms with Crippen molar-refractivity contribution < 1.29 is 29.0 Å². The van der Waals surface area contributed by atoms with Gasteiger partial charge < -0.3 is 19.9 Å². The summed E-state index contributed by atoms with van der Waals surface area (Å²) in [6.07, 6.45) is 0.0766. The fraction of sp³-hybridized carbons (Fsp3) is 0.160. The van der Waals surface area contributed by atoms with Crippen LogP contribution in [0.15, 0.2) is 78.9 Å². The van der Waals surface area contributed by atoms with Gasteiger partial charge in [0.25, 0.3) is 5.91 Å². The minimum absolute atomic E-state index is 0.0766. The Hall–Kier alpha value is -4.13. The number of carboxylic acid groups (broad SMARTS) is 1. The lowest BCUT2D eigenvalue weighted by molar-refractivity contribution is -0.139. The molecule has 1 amide bonds. The molecule has 0 bridgehead atoms. The van der Waals surface area contributed by atoms with E-state index in [1.165, 1.54) is 25.1 Å². The van der Waals surface area contributed by atoms with Gasteiger partial charge >= 0.3 is 11.9 Å². The molecule has 0 radical (unpaired) electrons. The van der Waals surface area contributed by atoms with Crippen LogP contribution in [0.1, 0.15) is 28.4 Å². The first-order chi connectivity index (χ1) is 15.4. The van der Waals surface area contributed by atoms with Crippen molar-refractivity contribution in [1.82, 2.24) is 5.32 Å². The van der Waals surface area contributed by atoms with Gasteiger partial charge in [-0.25, -0.2) is 4.79 Å². The predicted octanol–water partition coefficient (Wildman–Crippen LogP) is 3.62. The summed E-state index contributed by atoms with van der Waals surface area (Å²) >= 11 is 0. The van der Waals surface area contributed by atoms with Crippen molar-refractivity contribution in [2.75, 3.05) is 0 Å².